The Morgan fingerprint density at radius 2 is 1.82 bits per heavy atom. The number of hydrogen-bond acceptors (Lipinski definition) is 9. The normalized spacial score (nSPS) is 37.7. The molecule has 2 aliphatic carbocycles. The second-order valence-corrected chi connectivity index (χ2v) is 14.9. The van der Waals surface area contributed by atoms with Gasteiger partial charge in [-0.2, -0.15) is 0 Å². The smallest absolute Gasteiger partial charge is 0.407 e. The van der Waals surface area contributed by atoms with Crippen molar-refractivity contribution in [1.29, 1.82) is 0 Å². The molecule has 2 saturated carbocycles. The van der Waals surface area contributed by atoms with Gasteiger partial charge in [0.2, 0.25) is 5.91 Å². The van der Waals surface area contributed by atoms with Crippen molar-refractivity contribution in [2.24, 2.45) is 16.7 Å². The molecule has 1 aromatic rings. The fourth-order valence-corrected chi connectivity index (χ4v) is 8.64. The zero-order valence-electron chi connectivity index (χ0n) is 26.0. The Balaban J connectivity index is 1.48. The van der Waals surface area contributed by atoms with E-state index in [9.17, 15) is 34.8 Å². The molecule has 3 fully saturated rings. The Morgan fingerprint density at radius 1 is 1.16 bits per heavy atom. The third kappa shape index (κ3) is 5.65. The minimum atomic E-state index is -2.31. The van der Waals surface area contributed by atoms with E-state index in [0.717, 1.165) is 5.56 Å². The number of aliphatic hydroxyl groups excluding tert-OH is 2. The van der Waals surface area contributed by atoms with Crippen molar-refractivity contribution in [3.63, 3.8) is 0 Å². The third-order valence-corrected chi connectivity index (χ3v) is 11.2. The molecular weight excluding hydrogens is 683 g/mol. The number of ether oxygens (including phenoxy) is 2. The Hall–Kier alpha value is -2.26. The summed E-state index contributed by atoms with van der Waals surface area (Å²) in [6.07, 6.45) is -2.19. The van der Waals surface area contributed by atoms with Crippen LogP contribution in [0.15, 0.2) is 30.9 Å². The van der Waals surface area contributed by atoms with Gasteiger partial charge in [-0.05, 0) is 78.8 Å². The first-order valence-corrected chi connectivity index (χ1v) is 16.1. The molecule has 8 atom stereocenters. The number of phenols is 1. The van der Waals surface area contributed by atoms with Crippen LogP contribution >= 0.6 is 22.6 Å². The number of halogens is 1. The van der Waals surface area contributed by atoms with Crippen LogP contribution in [0.5, 0.6) is 5.75 Å². The van der Waals surface area contributed by atoms with Crippen LogP contribution in [0, 0.1) is 20.3 Å². The van der Waals surface area contributed by atoms with Gasteiger partial charge in [0.15, 0.2) is 17.5 Å². The number of benzene rings is 1. The van der Waals surface area contributed by atoms with Crippen LogP contribution in [0.1, 0.15) is 65.9 Å². The van der Waals surface area contributed by atoms with Gasteiger partial charge in [0.1, 0.15) is 11.4 Å². The average molecular weight is 729 g/mol. The number of nitrogens with one attached hydrogen (secondary N) is 2. The molecule has 1 saturated heterocycles. The fourth-order valence-electron chi connectivity index (χ4n) is 8.06. The van der Waals surface area contributed by atoms with E-state index < -0.39 is 63.7 Å². The standard InChI is InChI=1S/C32H45IN2O9/c1-7-29(4)17-22(38)32(42)30(5)21(37)12-13-28(2,3)25(30)24(40)26(31(32,6)44-29)43-27(41)35-15-14-34-23(39)11-9-18-8-10-20(36)19(33)16-18/h7-8,10,16,21,24-26,36-37,40,42H,1,9,11-15,17H2,2-6H3,(H,34,39)(H,35,41). The predicted molar refractivity (Wildman–Crippen MR) is 170 cm³/mol. The molecule has 0 bridgehead atoms. The highest BCUT2D eigenvalue weighted by atomic mass is 127. The lowest BCUT2D eigenvalue weighted by molar-refractivity contribution is -0.369. The molecule has 0 aromatic heterocycles. The molecule has 6 N–H and O–H groups in total. The van der Waals surface area contributed by atoms with E-state index in [1.807, 2.05) is 36.4 Å². The molecule has 1 aliphatic heterocycles. The second kappa shape index (κ2) is 12.2. The molecule has 11 nitrogen and oxygen atoms in total. The summed E-state index contributed by atoms with van der Waals surface area (Å²) < 4.78 is 12.9. The van der Waals surface area contributed by atoms with E-state index in [0.29, 0.717) is 22.8 Å². The molecule has 1 heterocycles. The number of fused-ring (bicyclic) bond motifs is 3. The Kier molecular flexibility index (Phi) is 9.56. The van der Waals surface area contributed by atoms with Crippen LogP contribution in [-0.4, -0.2) is 86.4 Å². The summed E-state index contributed by atoms with van der Waals surface area (Å²) in [4.78, 5) is 39.4. The Morgan fingerprint density at radius 3 is 2.45 bits per heavy atom. The monoisotopic (exact) mass is 728 g/mol. The predicted octanol–water partition coefficient (Wildman–Crippen LogP) is 2.74. The van der Waals surface area contributed by atoms with Gasteiger partial charge in [-0.3, -0.25) is 9.59 Å². The lowest BCUT2D eigenvalue weighted by Crippen LogP contribution is -2.86. The molecule has 4 rings (SSSR count). The summed E-state index contributed by atoms with van der Waals surface area (Å²) in [5.74, 6) is -1.45. The molecule has 12 heteroatoms. The number of aliphatic hydroxyl groups is 3. The summed E-state index contributed by atoms with van der Waals surface area (Å²) in [5.41, 5.74) is -6.72. The number of alkyl carbamates (subject to hydrolysis) is 1. The van der Waals surface area contributed by atoms with Crippen molar-refractivity contribution < 1.29 is 44.3 Å². The van der Waals surface area contributed by atoms with E-state index >= 15 is 0 Å². The van der Waals surface area contributed by atoms with Gasteiger partial charge in [-0.1, -0.05) is 32.9 Å². The second-order valence-electron chi connectivity index (χ2n) is 13.7. The van der Waals surface area contributed by atoms with Crippen LogP contribution in [0.2, 0.25) is 0 Å². The van der Waals surface area contributed by atoms with Crippen LogP contribution in [0.4, 0.5) is 4.79 Å². The first-order valence-electron chi connectivity index (χ1n) is 15.0. The van der Waals surface area contributed by atoms with Crippen LogP contribution in [0.25, 0.3) is 0 Å². The molecule has 0 spiro atoms. The lowest BCUT2D eigenvalue weighted by atomic mass is 9.40. The number of amides is 2. The summed E-state index contributed by atoms with van der Waals surface area (Å²) in [5, 5.41) is 50.7. The van der Waals surface area contributed by atoms with Crippen molar-refractivity contribution in [1.82, 2.24) is 10.6 Å². The van der Waals surface area contributed by atoms with Gasteiger partial charge < -0.3 is 40.5 Å². The van der Waals surface area contributed by atoms with Crippen LogP contribution in [-0.2, 0) is 25.5 Å². The summed E-state index contributed by atoms with van der Waals surface area (Å²) >= 11 is 2.02. The summed E-state index contributed by atoms with van der Waals surface area (Å²) in [7, 11) is 0. The van der Waals surface area contributed by atoms with Crippen molar-refractivity contribution in [2.45, 2.75) is 102 Å². The van der Waals surface area contributed by atoms with Gasteiger partial charge in [0, 0.05) is 37.3 Å². The van der Waals surface area contributed by atoms with E-state index in [2.05, 4.69) is 17.2 Å². The number of hydrogen-bond donors (Lipinski definition) is 6. The molecule has 8 unspecified atom stereocenters. The Bertz CT molecular complexity index is 1320. The van der Waals surface area contributed by atoms with Crippen molar-refractivity contribution in [2.75, 3.05) is 13.1 Å². The number of phenolic OH excluding ortho intramolecular Hbond substituents is 1. The van der Waals surface area contributed by atoms with Gasteiger partial charge in [0.25, 0.3) is 0 Å². The first kappa shape index (κ1) is 34.6. The van der Waals surface area contributed by atoms with E-state index in [1.54, 1.807) is 32.0 Å². The molecule has 244 valence electrons. The number of aryl methyl sites for hydroxylation is 1. The quantitative estimate of drug-likeness (QED) is 0.134. The number of carbonyl (C=O) groups is 3. The van der Waals surface area contributed by atoms with E-state index in [1.165, 1.54) is 13.0 Å². The molecule has 2 amide bonds. The van der Waals surface area contributed by atoms with Crippen LogP contribution < -0.4 is 10.6 Å². The van der Waals surface area contributed by atoms with Gasteiger partial charge in [-0.15, -0.1) is 6.58 Å². The topological polar surface area (TPSA) is 175 Å². The van der Waals surface area contributed by atoms with E-state index in [-0.39, 0.29) is 37.6 Å². The van der Waals surface area contributed by atoms with E-state index in [4.69, 9.17) is 9.47 Å². The zero-order chi connectivity index (χ0) is 32.9. The molecule has 0 radical (unpaired) electrons. The lowest BCUT2D eigenvalue weighted by Gasteiger charge is -2.71. The zero-order valence-corrected chi connectivity index (χ0v) is 28.1. The number of rotatable bonds is 8. The summed E-state index contributed by atoms with van der Waals surface area (Å²) in [6.45, 7) is 12.4. The van der Waals surface area contributed by atoms with Crippen molar-refractivity contribution >= 4 is 40.4 Å². The molecule has 3 aliphatic rings. The fraction of sp³-hybridized carbons (Fsp3) is 0.656. The highest BCUT2D eigenvalue weighted by molar-refractivity contribution is 14.1. The Labute approximate surface area is 271 Å². The average Bonchev–Trinajstić information content (AvgIpc) is 2.94. The molecular formula is C32H45IN2O9. The van der Waals surface area contributed by atoms with Crippen molar-refractivity contribution in [3.05, 3.63) is 40.0 Å². The maximum atomic E-state index is 14.0. The number of ketones is 1. The minimum Gasteiger partial charge on any atom is -0.507 e. The molecule has 44 heavy (non-hydrogen) atoms. The SMILES string of the molecule is C=CC1(C)CC(=O)C2(O)C(C)(O1)C(OC(=O)NCCNC(=O)CCc1ccc(O)c(I)c1)C(O)C1C(C)(C)CCC(O)C12C. The third-order valence-electron chi connectivity index (χ3n) is 10.3. The van der Waals surface area contributed by atoms with Gasteiger partial charge in [0.05, 0.1) is 21.4 Å². The maximum Gasteiger partial charge on any atom is 0.407 e. The largest absolute Gasteiger partial charge is 0.507 e. The number of aromatic hydroxyl groups is 1. The highest BCUT2D eigenvalue weighted by Crippen LogP contribution is 2.67. The minimum absolute atomic E-state index is 0.0149. The number of carbonyl (C=O) groups excluding carboxylic acids is 3. The first-order chi connectivity index (χ1) is 20.4. The van der Waals surface area contributed by atoms with Crippen molar-refractivity contribution in [3.8, 4) is 5.75 Å². The van der Waals surface area contributed by atoms with Gasteiger partial charge in [-0.25, -0.2) is 4.79 Å². The highest BCUT2D eigenvalue weighted by Gasteiger charge is 2.81. The van der Waals surface area contributed by atoms with Gasteiger partial charge >= 0.3 is 6.09 Å². The van der Waals surface area contributed by atoms with Crippen LogP contribution in [0.3, 0.4) is 0 Å². The molecule has 1 aromatic carbocycles. The number of Topliss-reactive ketones (excluding diaryl/α,β-unsaturated/α-hetero) is 1. The maximum absolute atomic E-state index is 14.0. The summed E-state index contributed by atoms with van der Waals surface area (Å²) in [6, 6.07) is 5.14.